The summed E-state index contributed by atoms with van der Waals surface area (Å²) in [5.74, 6) is 2.16. The number of para-hydroxylation sites is 1. The van der Waals surface area contributed by atoms with E-state index in [4.69, 9.17) is 4.74 Å². The van der Waals surface area contributed by atoms with Crippen LogP contribution in [0.5, 0.6) is 5.75 Å². The minimum absolute atomic E-state index is 0.365. The summed E-state index contributed by atoms with van der Waals surface area (Å²) in [6, 6.07) is 8.51. The smallest absolute Gasteiger partial charge is 0.222 e. The van der Waals surface area contributed by atoms with Gasteiger partial charge in [-0.05, 0) is 75.0 Å². The number of carbonyl (C=O) groups excluding carboxylic acids is 1. The first kappa shape index (κ1) is 19.8. The van der Waals surface area contributed by atoms with Crippen molar-refractivity contribution in [3.8, 4) is 5.75 Å². The molecule has 1 spiro atoms. The van der Waals surface area contributed by atoms with Gasteiger partial charge in [-0.1, -0.05) is 24.6 Å². The van der Waals surface area contributed by atoms with Gasteiger partial charge < -0.3 is 14.5 Å². The molecule has 2 aliphatic heterocycles. The monoisotopic (exact) mass is 384 g/mol. The van der Waals surface area contributed by atoms with Crippen LogP contribution in [-0.4, -0.2) is 55.5 Å². The number of ether oxygens (including phenoxy) is 1. The standard InChI is InChI=1S/C24H36N2O2/c1-25-16-17-28-22-8-3-2-6-21(22)7-4-5-11-24(19-25)12-14-26(15-13-24)23(27)18-20-9-10-20/h2-3,6,8,20H,4-5,7,9-19H2,1H3. The Kier molecular flexibility index (Phi) is 6.25. The number of benzene rings is 1. The molecule has 4 nitrogen and oxygen atoms in total. The van der Waals surface area contributed by atoms with E-state index in [0.717, 1.165) is 64.2 Å². The third-order valence-electron chi connectivity index (χ3n) is 7.05. The first-order valence-corrected chi connectivity index (χ1v) is 11.3. The summed E-state index contributed by atoms with van der Waals surface area (Å²) in [6.45, 7) is 4.75. The average molecular weight is 385 g/mol. The van der Waals surface area contributed by atoms with Crippen LogP contribution in [-0.2, 0) is 11.2 Å². The molecule has 2 fully saturated rings. The highest BCUT2D eigenvalue weighted by atomic mass is 16.5. The van der Waals surface area contributed by atoms with Crippen LogP contribution in [0.2, 0.25) is 0 Å². The van der Waals surface area contributed by atoms with E-state index in [1.54, 1.807) is 0 Å². The van der Waals surface area contributed by atoms with Gasteiger partial charge in [-0.2, -0.15) is 0 Å². The van der Waals surface area contributed by atoms with Gasteiger partial charge in [-0.15, -0.1) is 0 Å². The lowest BCUT2D eigenvalue weighted by Crippen LogP contribution is -2.48. The molecule has 1 amide bonds. The zero-order valence-corrected chi connectivity index (χ0v) is 17.5. The molecule has 1 aromatic carbocycles. The Morgan fingerprint density at radius 2 is 1.89 bits per heavy atom. The van der Waals surface area contributed by atoms with Crippen molar-refractivity contribution in [2.24, 2.45) is 11.3 Å². The van der Waals surface area contributed by atoms with Crippen LogP contribution in [0.25, 0.3) is 0 Å². The Bertz CT molecular complexity index is 662. The fourth-order valence-corrected chi connectivity index (χ4v) is 5.05. The highest BCUT2D eigenvalue weighted by Crippen LogP contribution is 2.39. The highest BCUT2D eigenvalue weighted by molar-refractivity contribution is 5.76. The number of amides is 1. The number of rotatable bonds is 2. The molecule has 2 heterocycles. The average Bonchev–Trinajstić information content (AvgIpc) is 3.50. The molecule has 1 saturated carbocycles. The minimum atomic E-state index is 0.365. The van der Waals surface area contributed by atoms with Gasteiger partial charge in [0, 0.05) is 32.6 Å². The summed E-state index contributed by atoms with van der Waals surface area (Å²) < 4.78 is 6.10. The second-order valence-corrected chi connectivity index (χ2v) is 9.43. The zero-order valence-electron chi connectivity index (χ0n) is 17.5. The molecule has 1 saturated heterocycles. The number of piperidine rings is 1. The van der Waals surface area contributed by atoms with Crippen molar-refractivity contribution in [2.75, 3.05) is 39.8 Å². The first-order chi connectivity index (χ1) is 13.6. The molecule has 0 N–H and O–H groups in total. The van der Waals surface area contributed by atoms with Crippen molar-refractivity contribution in [2.45, 2.75) is 57.8 Å². The largest absolute Gasteiger partial charge is 0.492 e. The van der Waals surface area contributed by atoms with E-state index < -0.39 is 0 Å². The van der Waals surface area contributed by atoms with Crippen LogP contribution in [0.15, 0.2) is 24.3 Å². The molecule has 1 aromatic rings. The number of carbonyl (C=O) groups is 1. The van der Waals surface area contributed by atoms with E-state index in [1.807, 2.05) is 0 Å². The van der Waals surface area contributed by atoms with Gasteiger partial charge >= 0.3 is 0 Å². The summed E-state index contributed by atoms with van der Waals surface area (Å²) in [5, 5.41) is 0. The maximum absolute atomic E-state index is 12.5. The van der Waals surface area contributed by atoms with Crippen molar-refractivity contribution in [3.63, 3.8) is 0 Å². The van der Waals surface area contributed by atoms with Crippen LogP contribution < -0.4 is 4.74 Å². The summed E-state index contributed by atoms with van der Waals surface area (Å²) in [4.78, 5) is 17.1. The van der Waals surface area contributed by atoms with Gasteiger partial charge in [0.1, 0.15) is 12.4 Å². The maximum Gasteiger partial charge on any atom is 0.222 e. The topological polar surface area (TPSA) is 32.8 Å². The zero-order chi connectivity index (χ0) is 19.4. The van der Waals surface area contributed by atoms with Crippen LogP contribution in [0.1, 0.15) is 56.9 Å². The van der Waals surface area contributed by atoms with Crippen molar-refractivity contribution in [3.05, 3.63) is 29.8 Å². The Hall–Kier alpha value is -1.55. The van der Waals surface area contributed by atoms with Crippen LogP contribution >= 0.6 is 0 Å². The molecule has 154 valence electrons. The molecular weight excluding hydrogens is 348 g/mol. The van der Waals surface area contributed by atoms with Crippen LogP contribution in [0, 0.1) is 11.3 Å². The number of likely N-dealkylation sites (N-methyl/N-ethyl adjacent to an activating group) is 1. The van der Waals surface area contributed by atoms with Crippen molar-refractivity contribution < 1.29 is 9.53 Å². The number of hydrogen-bond acceptors (Lipinski definition) is 3. The second kappa shape index (κ2) is 8.86. The van der Waals surface area contributed by atoms with Gasteiger partial charge in [-0.25, -0.2) is 0 Å². The Morgan fingerprint density at radius 1 is 1.11 bits per heavy atom. The van der Waals surface area contributed by atoms with Gasteiger partial charge in [-0.3, -0.25) is 4.79 Å². The van der Waals surface area contributed by atoms with Gasteiger partial charge in [0.25, 0.3) is 0 Å². The van der Waals surface area contributed by atoms with Gasteiger partial charge in [0.15, 0.2) is 0 Å². The van der Waals surface area contributed by atoms with Crippen LogP contribution in [0.4, 0.5) is 0 Å². The van der Waals surface area contributed by atoms with E-state index in [9.17, 15) is 4.79 Å². The number of fused-ring (bicyclic) bond motifs is 1. The Morgan fingerprint density at radius 3 is 2.68 bits per heavy atom. The third-order valence-corrected chi connectivity index (χ3v) is 7.05. The third kappa shape index (κ3) is 5.08. The summed E-state index contributed by atoms with van der Waals surface area (Å²) in [7, 11) is 2.23. The molecule has 0 bridgehead atoms. The maximum atomic E-state index is 12.5. The number of likely N-dealkylation sites (tertiary alicyclic amines) is 1. The molecule has 0 radical (unpaired) electrons. The van der Waals surface area contributed by atoms with E-state index in [1.165, 1.54) is 37.7 Å². The van der Waals surface area contributed by atoms with E-state index in [-0.39, 0.29) is 0 Å². The van der Waals surface area contributed by atoms with E-state index >= 15 is 0 Å². The molecule has 3 aliphatic rings. The summed E-state index contributed by atoms with van der Waals surface area (Å²) >= 11 is 0. The Labute approximate surface area is 170 Å². The number of aryl methyl sites for hydroxylation is 1. The lowest BCUT2D eigenvalue weighted by atomic mass is 9.73. The molecule has 1 aliphatic carbocycles. The van der Waals surface area contributed by atoms with Gasteiger partial charge in [0.2, 0.25) is 5.91 Å². The second-order valence-electron chi connectivity index (χ2n) is 9.43. The fraction of sp³-hybridized carbons (Fsp3) is 0.708. The quantitative estimate of drug-likeness (QED) is 0.768. The molecule has 0 unspecified atom stereocenters. The van der Waals surface area contributed by atoms with Crippen molar-refractivity contribution in [1.29, 1.82) is 0 Å². The minimum Gasteiger partial charge on any atom is -0.492 e. The predicted octanol–water partition coefficient (Wildman–Crippen LogP) is 4.13. The number of nitrogens with zero attached hydrogens (tertiary/aromatic N) is 2. The fourth-order valence-electron chi connectivity index (χ4n) is 5.05. The molecule has 0 aromatic heterocycles. The number of hydrogen-bond donors (Lipinski definition) is 0. The lowest BCUT2D eigenvalue weighted by molar-refractivity contribution is -0.134. The molecule has 4 rings (SSSR count). The molecule has 0 atom stereocenters. The normalized spacial score (nSPS) is 24.0. The predicted molar refractivity (Wildman–Crippen MR) is 113 cm³/mol. The van der Waals surface area contributed by atoms with Gasteiger partial charge in [0.05, 0.1) is 0 Å². The molecule has 28 heavy (non-hydrogen) atoms. The summed E-state index contributed by atoms with van der Waals surface area (Å²) in [5.41, 5.74) is 1.71. The molecule has 4 heteroatoms. The first-order valence-electron chi connectivity index (χ1n) is 11.3. The highest BCUT2D eigenvalue weighted by Gasteiger charge is 2.37. The lowest BCUT2D eigenvalue weighted by Gasteiger charge is -2.44. The Balaban J connectivity index is 1.37. The van der Waals surface area contributed by atoms with Crippen molar-refractivity contribution >= 4 is 5.91 Å². The van der Waals surface area contributed by atoms with Crippen molar-refractivity contribution in [1.82, 2.24) is 9.80 Å². The molecular formula is C24H36N2O2. The van der Waals surface area contributed by atoms with E-state index in [0.29, 0.717) is 17.2 Å². The SMILES string of the molecule is CN1CCOc2ccccc2CCCCC2(CCN(C(=O)CC3CC3)CC2)C1. The summed E-state index contributed by atoms with van der Waals surface area (Å²) in [6.07, 6.45) is 10.5. The van der Waals surface area contributed by atoms with E-state index in [2.05, 4.69) is 41.1 Å². The van der Waals surface area contributed by atoms with Crippen LogP contribution in [0.3, 0.4) is 0 Å².